The number of para-hydroxylation sites is 1. The average Bonchev–Trinajstić information content (AvgIpc) is 3.02. The molecule has 1 aromatic heterocycles. The Balaban J connectivity index is 1.85. The van der Waals surface area contributed by atoms with Gasteiger partial charge in [0.2, 0.25) is 0 Å². The molecular formula is C14H17N3O2. The first kappa shape index (κ1) is 12.2. The van der Waals surface area contributed by atoms with Gasteiger partial charge >= 0.3 is 5.97 Å². The van der Waals surface area contributed by atoms with Crippen LogP contribution in [-0.2, 0) is 4.79 Å². The van der Waals surface area contributed by atoms with E-state index in [1.54, 1.807) is 0 Å². The number of hydrazine groups is 1. The molecule has 5 nitrogen and oxygen atoms in total. The van der Waals surface area contributed by atoms with Gasteiger partial charge in [0.15, 0.2) is 0 Å². The molecular weight excluding hydrogens is 242 g/mol. The second-order valence-electron chi connectivity index (χ2n) is 4.99. The second kappa shape index (κ2) is 5.03. The highest BCUT2D eigenvalue weighted by molar-refractivity contribution is 5.83. The molecule has 3 rings (SSSR count). The fourth-order valence-corrected chi connectivity index (χ4v) is 2.80. The van der Waals surface area contributed by atoms with Crippen LogP contribution < -0.4 is 10.9 Å². The molecule has 1 fully saturated rings. The van der Waals surface area contributed by atoms with Crippen LogP contribution in [0.3, 0.4) is 0 Å². The molecule has 0 aliphatic carbocycles. The van der Waals surface area contributed by atoms with Crippen molar-refractivity contribution < 1.29 is 9.90 Å². The smallest absolute Gasteiger partial charge is 0.303 e. The van der Waals surface area contributed by atoms with Crippen LogP contribution in [0.5, 0.6) is 0 Å². The fourth-order valence-electron chi connectivity index (χ4n) is 2.80. The molecule has 0 bridgehead atoms. The summed E-state index contributed by atoms with van der Waals surface area (Å²) in [6.07, 6.45) is 2.91. The molecule has 0 spiro atoms. The SMILES string of the molecule is O=C(O)CCC1CNNC1c1c[nH]c2ccccc12. The number of hydrogen-bond acceptors (Lipinski definition) is 3. The molecule has 0 radical (unpaired) electrons. The fraction of sp³-hybridized carbons (Fsp3) is 0.357. The summed E-state index contributed by atoms with van der Waals surface area (Å²) in [6, 6.07) is 8.33. The van der Waals surface area contributed by atoms with Crippen molar-refractivity contribution in [3.63, 3.8) is 0 Å². The lowest BCUT2D eigenvalue weighted by molar-refractivity contribution is -0.137. The van der Waals surface area contributed by atoms with E-state index in [9.17, 15) is 4.79 Å². The number of carbonyl (C=O) groups is 1. The van der Waals surface area contributed by atoms with Gasteiger partial charge in [-0.05, 0) is 24.0 Å². The molecule has 2 aromatic rings. The van der Waals surface area contributed by atoms with Crippen LogP contribution in [0.2, 0.25) is 0 Å². The Labute approximate surface area is 111 Å². The van der Waals surface area contributed by atoms with Crippen molar-refractivity contribution in [1.82, 2.24) is 15.8 Å². The Morgan fingerprint density at radius 3 is 3.05 bits per heavy atom. The number of carboxylic acids is 1. The van der Waals surface area contributed by atoms with Crippen molar-refractivity contribution in [2.45, 2.75) is 18.9 Å². The highest BCUT2D eigenvalue weighted by atomic mass is 16.4. The Morgan fingerprint density at radius 1 is 1.37 bits per heavy atom. The molecule has 0 saturated carbocycles. The number of H-pyrrole nitrogens is 1. The minimum atomic E-state index is -0.732. The number of carboxylic acid groups (broad SMARTS) is 1. The minimum Gasteiger partial charge on any atom is -0.481 e. The monoisotopic (exact) mass is 259 g/mol. The number of aliphatic carboxylic acids is 1. The number of aromatic amines is 1. The molecule has 1 aliphatic heterocycles. The maximum Gasteiger partial charge on any atom is 0.303 e. The predicted molar refractivity (Wildman–Crippen MR) is 72.5 cm³/mol. The van der Waals surface area contributed by atoms with E-state index < -0.39 is 5.97 Å². The molecule has 1 saturated heterocycles. The standard InChI is InChI=1S/C14H17N3O2/c18-13(19)6-5-9-7-16-17-14(9)11-8-15-12-4-2-1-3-10(11)12/h1-4,8-9,14-17H,5-7H2,(H,18,19). The third-order valence-electron chi connectivity index (χ3n) is 3.78. The van der Waals surface area contributed by atoms with Gasteiger partial charge in [0, 0.05) is 30.1 Å². The van der Waals surface area contributed by atoms with Crippen molar-refractivity contribution in [3.05, 3.63) is 36.0 Å². The topological polar surface area (TPSA) is 77.2 Å². The molecule has 2 heterocycles. The zero-order valence-electron chi connectivity index (χ0n) is 10.5. The maximum atomic E-state index is 10.7. The van der Waals surface area contributed by atoms with E-state index in [1.165, 1.54) is 10.9 Å². The van der Waals surface area contributed by atoms with Gasteiger partial charge in [-0.15, -0.1) is 0 Å². The van der Waals surface area contributed by atoms with Gasteiger partial charge in [-0.3, -0.25) is 10.2 Å². The summed E-state index contributed by atoms with van der Waals surface area (Å²) < 4.78 is 0. The van der Waals surface area contributed by atoms with Gasteiger partial charge in [0.05, 0.1) is 6.04 Å². The summed E-state index contributed by atoms with van der Waals surface area (Å²) in [5, 5.41) is 10.0. The summed E-state index contributed by atoms with van der Waals surface area (Å²) in [7, 11) is 0. The van der Waals surface area contributed by atoms with Crippen LogP contribution in [0, 0.1) is 5.92 Å². The van der Waals surface area contributed by atoms with Gasteiger partial charge in [-0.2, -0.15) is 0 Å². The van der Waals surface area contributed by atoms with Crippen LogP contribution >= 0.6 is 0 Å². The van der Waals surface area contributed by atoms with Crippen molar-refractivity contribution in [1.29, 1.82) is 0 Å². The number of benzene rings is 1. The molecule has 4 N–H and O–H groups in total. The molecule has 2 atom stereocenters. The molecule has 1 aliphatic rings. The minimum absolute atomic E-state index is 0.162. The molecule has 1 aromatic carbocycles. The summed E-state index contributed by atoms with van der Waals surface area (Å²) in [5.74, 6) is -0.431. The highest BCUT2D eigenvalue weighted by Crippen LogP contribution is 2.32. The van der Waals surface area contributed by atoms with Gasteiger partial charge in [-0.25, -0.2) is 5.43 Å². The number of nitrogens with one attached hydrogen (secondary N) is 3. The summed E-state index contributed by atoms with van der Waals surface area (Å²) >= 11 is 0. The molecule has 0 amide bonds. The number of hydrogen-bond donors (Lipinski definition) is 4. The molecule has 19 heavy (non-hydrogen) atoms. The van der Waals surface area contributed by atoms with Crippen LogP contribution in [0.4, 0.5) is 0 Å². The van der Waals surface area contributed by atoms with Crippen molar-refractivity contribution in [2.24, 2.45) is 5.92 Å². The molecule has 100 valence electrons. The van der Waals surface area contributed by atoms with Gasteiger partial charge in [0.25, 0.3) is 0 Å². The van der Waals surface area contributed by atoms with Crippen LogP contribution in [0.1, 0.15) is 24.4 Å². The van der Waals surface area contributed by atoms with Crippen molar-refractivity contribution >= 4 is 16.9 Å². The lowest BCUT2D eigenvalue weighted by atomic mass is 9.91. The lowest BCUT2D eigenvalue weighted by Crippen LogP contribution is -2.24. The van der Waals surface area contributed by atoms with Crippen molar-refractivity contribution in [3.8, 4) is 0 Å². The Kier molecular flexibility index (Phi) is 3.23. The third-order valence-corrected chi connectivity index (χ3v) is 3.78. The largest absolute Gasteiger partial charge is 0.481 e. The number of aromatic nitrogens is 1. The van der Waals surface area contributed by atoms with E-state index in [4.69, 9.17) is 5.11 Å². The maximum absolute atomic E-state index is 10.7. The van der Waals surface area contributed by atoms with E-state index in [0.29, 0.717) is 12.3 Å². The van der Waals surface area contributed by atoms with Gasteiger partial charge < -0.3 is 10.1 Å². The van der Waals surface area contributed by atoms with Gasteiger partial charge in [-0.1, -0.05) is 18.2 Å². The zero-order chi connectivity index (χ0) is 13.2. The second-order valence-corrected chi connectivity index (χ2v) is 4.99. The van der Waals surface area contributed by atoms with Crippen molar-refractivity contribution in [2.75, 3.05) is 6.54 Å². The Bertz CT molecular complexity index is 593. The average molecular weight is 259 g/mol. The highest BCUT2D eigenvalue weighted by Gasteiger charge is 2.30. The summed E-state index contributed by atoms with van der Waals surface area (Å²) in [5.41, 5.74) is 8.72. The quantitative estimate of drug-likeness (QED) is 0.675. The normalized spacial score (nSPS) is 22.9. The van der Waals surface area contributed by atoms with Crippen LogP contribution in [0.25, 0.3) is 10.9 Å². The first-order valence-corrected chi connectivity index (χ1v) is 6.52. The van der Waals surface area contributed by atoms with Gasteiger partial charge in [0.1, 0.15) is 0 Å². The van der Waals surface area contributed by atoms with E-state index >= 15 is 0 Å². The molecule has 2 unspecified atom stereocenters. The Hall–Kier alpha value is -1.85. The molecule has 5 heteroatoms. The van der Waals surface area contributed by atoms with E-state index in [2.05, 4.69) is 21.9 Å². The van der Waals surface area contributed by atoms with Crippen LogP contribution in [0.15, 0.2) is 30.5 Å². The van der Waals surface area contributed by atoms with E-state index in [1.807, 2.05) is 24.4 Å². The predicted octanol–water partition coefficient (Wildman–Crippen LogP) is 1.80. The number of fused-ring (bicyclic) bond motifs is 1. The van der Waals surface area contributed by atoms with E-state index in [-0.39, 0.29) is 12.5 Å². The zero-order valence-corrected chi connectivity index (χ0v) is 10.5. The first-order chi connectivity index (χ1) is 9.25. The van der Waals surface area contributed by atoms with E-state index in [0.717, 1.165) is 12.1 Å². The third kappa shape index (κ3) is 2.34. The lowest BCUT2D eigenvalue weighted by Gasteiger charge is -2.17. The Morgan fingerprint density at radius 2 is 2.21 bits per heavy atom. The number of rotatable bonds is 4. The summed E-state index contributed by atoms with van der Waals surface area (Å²) in [4.78, 5) is 14.0. The first-order valence-electron chi connectivity index (χ1n) is 6.52. The van der Waals surface area contributed by atoms with Crippen LogP contribution in [-0.4, -0.2) is 22.6 Å². The summed E-state index contributed by atoms with van der Waals surface area (Å²) in [6.45, 7) is 0.803.